The van der Waals surface area contributed by atoms with Crippen molar-refractivity contribution in [1.29, 1.82) is 0 Å². The van der Waals surface area contributed by atoms with Gasteiger partial charge in [0, 0.05) is 12.8 Å². The SMILES string of the molecule is CCCCCCCCC/C=C\CCCCCCCCCC(=O)OCCCCCCCCCCCCCC/C=C\CCCCCCCCCCCCCC(=O)NC(CO)C(O)/C=C/CCCCCCCCCCCCCCCCCCCCCCC. The number of aliphatic hydroxyl groups excluding tert-OH is 2. The zero-order valence-electron chi connectivity index (χ0n) is 57.6. The Hall–Kier alpha value is -1.92. The number of esters is 1. The first kappa shape index (κ1) is 83.1. The zero-order chi connectivity index (χ0) is 61.3. The lowest BCUT2D eigenvalue weighted by molar-refractivity contribution is -0.143. The third-order valence-electron chi connectivity index (χ3n) is 18.1. The van der Waals surface area contributed by atoms with Gasteiger partial charge in [0.25, 0.3) is 0 Å². The first-order valence-electron chi connectivity index (χ1n) is 38.8. The van der Waals surface area contributed by atoms with Gasteiger partial charge in [0.05, 0.1) is 25.4 Å². The highest BCUT2D eigenvalue weighted by Crippen LogP contribution is 2.19. The molecule has 502 valence electrons. The summed E-state index contributed by atoms with van der Waals surface area (Å²) in [5.74, 6) is -0.0517. The van der Waals surface area contributed by atoms with Gasteiger partial charge in [-0.3, -0.25) is 9.59 Å². The summed E-state index contributed by atoms with van der Waals surface area (Å²) >= 11 is 0. The normalized spacial score (nSPS) is 12.7. The maximum Gasteiger partial charge on any atom is 0.305 e. The van der Waals surface area contributed by atoms with Crippen molar-refractivity contribution >= 4 is 11.9 Å². The van der Waals surface area contributed by atoms with Crippen molar-refractivity contribution in [3.05, 3.63) is 36.5 Å². The lowest BCUT2D eigenvalue weighted by Crippen LogP contribution is -2.45. The molecule has 0 aromatic heterocycles. The molecule has 0 aliphatic heterocycles. The van der Waals surface area contributed by atoms with Crippen LogP contribution in [0.3, 0.4) is 0 Å². The van der Waals surface area contributed by atoms with Crippen molar-refractivity contribution in [2.45, 2.75) is 443 Å². The number of allylic oxidation sites excluding steroid dienone is 5. The molecular formula is C79H151NO5. The Balaban J connectivity index is 3.40. The van der Waals surface area contributed by atoms with Crippen LogP contribution in [0.1, 0.15) is 431 Å². The molecule has 0 saturated heterocycles. The van der Waals surface area contributed by atoms with Gasteiger partial charge in [-0.15, -0.1) is 0 Å². The van der Waals surface area contributed by atoms with E-state index in [2.05, 4.69) is 43.5 Å². The quantitative estimate of drug-likeness (QED) is 0.0320. The summed E-state index contributed by atoms with van der Waals surface area (Å²) in [6, 6.07) is -0.630. The Labute approximate surface area is 532 Å². The predicted molar refractivity (Wildman–Crippen MR) is 375 cm³/mol. The Morgan fingerprint density at radius 1 is 0.318 bits per heavy atom. The molecule has 0 aromatic carbocycles. The van der Waals surface area contributed by atoms with Gasteiger partial charge in [0.15, 0.2) is 0 Å². The number of rotatable bonds is 73. The first-order valence-corrected chi connectivity index (χ1v) is 38.8. The van der Waals surface area contributed by atoms with Crippen LogP contribution in [-0.2, 0) is 14.3 Å². The molecule has 0 aliphatic carbocycles. The largest absolute Gasteiger partial charge is 0.466 e. The van der Waals surface area contributed by atoms with Crippen molar-refractivity contribution in [3.63, 3.8) is 0 Å². The van der Waals surface area contributed by atoms with E-state index in [-0.39, 0.29) is 18.5 Å². The number of ether oxygens (including phenoxy) is 1. The number of hydrogen-bond acceptors (Lipinski definition) is 5. The average molecular weight is 1200 g/mol. The molecule has 0 bridgehead atoms. The highest BCUT2D eigenvalue weighted by atomic mass is 16.5. The van der Waals surface area contributed by atoms with E-state index in [9.17, 15) is 19.8 Å². The standard InChI is InChI=1S/C79H151NO5/c1-3-5-7-9-11-13-15-17-19-21-23-24-30-33-36-39-43-47-51-55-59-63-67-71-77(82)76(75-81)80-78(83)72-68-64-60-56-52-48-44-40-37-34-31-28-26-25-27-29-32-35-38-42-46-50-54-58-62-66-70-74-85-79(84)73-69-65-61-57-53-49-45-41-22-20-18-16-14-12-10-8-6-4-2/h20,22,25-26,67,71,76-77,81-82H,3-19,21,23-24,27-66,68-70,72-75H2,1-2H3,(H,80,83)/b22-20-,26-25-,71-67+. The molecule has 0 saturated carbocycles. The molecule has 6 nitrogen and oxygen atoms in total. The van der Waals surface area contributed by atoms with Crippen LogP contribution in [0.5, 0.6) is 0 Å². The van der Waals surface area contributed by atoms with Gasteiger partial charge in [0.2, 0.25) is 5.91 Å². The molecule has 6 heteroatoms. The number of amides is 1. The molecule has 0 rings (SSSR count). The smallest absolute Gasteiger partial charge is 0.305 e. The molecule has 0 spiro atoms. The van der Waals surface area contributed by atoms with Crippen molar-refractivity contribution in [3.8, 4) is 0 Å². The summed E-state index contributed by atoms with van der Waals surface area (Å²) < 4.78 is 5.51. The van der Waals surface area contributed by atoms with Gasteiger partial charge in [-0.1, -0.05) is 371 Å². The van der Waals surface area contributed by atoms with Crippen LogP contribution in [0.2, 0.25) is 0 Å². The van der Waals surface area contributed by atoms with Gasteiger partial charge in [0.1, 0.15) is 0 Å². The molecule has 0 aliphatic rings. The molecule has 1 amide bonds. The number of nitrogens with one attached hydrogen (secondary N) is 1. The second-order valence-corrected chi connectivity index (χ2v) is 26.7. The van der Waals surface area contributed by atoms with E-state index >= 15 is 0 Å². The fraction of sp³-hybridized carbons (Fsp3) is 0.899. The molecule has 0 fully saturated rings. The maximum absolute atomic E-state index is 12.5. The minimum atomic E-state index is -0.847. The molecule has 0 heterocycles. The summed E-state index contributed by atoms with van der Waals surface area (Å²) in [7, 11) is 0. The van der Waals surface area contributed by atoms with Crippen LogP contribution in [0, 0.1) is 0 Å². The fourth-order valence-corrected chi connectivity index (χ4v) is 12.2. The van der Waals surface area contributed by atoms with E-state index in [1.54, 1.807) is 6.08 Å². The third-order valence-corrected chi connectivity index (χ3v) is 18.1. The van der Waals surface area contributed by atoms with Crippen LogP contribution in [-0.4, -0.2) is 47.4 Å². The number of carbonyl (C=O) groups excluding carboxylic acids is 2. The predicted octanol–water partition coefficient (Wildman–Crippen LogP) is 25.4. The van der Waals surface area contributed by atoms with Crippen LogP contribution >= 0.6 is 0 Å². The van der Waals surface area contributed by atoms with Crippen LogP contribution in [0.4, 0.5) is 0 Å². The van der Waals surface area contributed by atoms with Crippen LogP contribution in [0.25, 0.3) is 0 Å². The Bertz CT molecular complexity index is 1380. The van der Waals surface area contributed by atoms with E-state index in [4.69, 9.17) is 4.74 Å². The Morgan fingerprint density at radius 3 is 0.835 bits per heavy atom. The number of carbonyl (C=O) groups is 2. The molecule has 2 atom stereocenters. The van der Waals surface area contributed by atoms with Crippen LogP contribution < -0.4 is 5.32 Å². The first-order chi connectivity index (χ1) is 42.0. The monoisotopic (exact) mass is 1190 g/mol. The highest BCUT2D eigenvalue weighted by Gasteiger charge is 2.18. The summed E-state index contributed by atoms with van der Waals surface area (Å²) in [5, 5.41) is 23.3. The molecule has 3 N–H and O–H groups in total. The van der Waals surface area contributed by atoms with E-state index in [0.29, 0.717) is 19.4 Å². The second-order valence-electron chi connectivity index (χ2n) is 26.7. The number of hydrogen-bond donors (Lipinski definition) is 3. The fourth-order valence-electron chi connectivity index (χ4n) is 12.2. The molecule has 0 aromatic rings. The van der Waals surface area contributed by atoms with Crippen LogP contribution in [0.15, 0.2) is 36.5 Å². The molecule has 2 unspecified atom stereocenters. The van der Waals surface area contributed by atoms with Crippen molar-refractivity contribution in [1.82, 2.24) is 5.32 Å². The summed E-state index contributed by atoms with van der Waals surface area (Å²) in [6.45, 7) is 4.94. The third kappa shape index (κ3) is 71.0. The number of aliphatic hydroxyl groups is 2. The zero-order valence-corrected chi connectivity index (χ0v) is 57.6. The Kier molecular flexibility index (Phi) is 72.9. The van der Waals surface area contributed by atoms with E-state index in [1.165, 1.54) is 360 Å². The van der Waals surface area contributed by atoms with Crippen molar-refractivity contribution in [2.75, 3.05) is 13.2 Å². The minimum absolute atomic E-state index is 0.0127. The Morgan fingerprint density at radius 2 is 0.553 bits per heavy atom. The van der Waals surface area contributed by atoms with Gasteiger partial charge in [-0.25, -0.2) is 0 Å². The maximum atomic E-state index is 12.5. The summed E-state index contributed by atoms with van der Waals surface area (Å²) in [5.41, 5.74) is 0. The van der Waals surface area contributed by atoms with E-state index in [1.807, 2.05) is 6.08 Å². The van der Waals surface area contributed by atoms with Gasteiger partial charge >= 0.3 is 5.97 Å². The number of unbranched alkanes of at least 4 members (excludes halogenated alkanes) is 58. The summed E-state index contributed by atoms with van der Waals surface area (Å²) in [4.78, 5) is 24.7. The van der Waals surface area contributed by atoms with Gasteiger partial charge in [-0.2, -0.15) is 0 Å². The highest BCUT2D eigenvalue weighted by molar-refractivity contribution is 5.76. The summed E-state index contributed by atoms with van der Waals surface area (Å²) in [6.07, 6.45) is 96.8. The van der Waals surface area contributed by atoms with Gasteiger partial charge in [-0.05, 0) is 83.5 Å². The molecule has 0 radical (unpaired) electrons. The lowest BCUT2D eigenvalue weighted by atomic mass is 10.0. The van der Waals surface area contributed by atoms with Crippen molar-refractivity contribution < 1.29 is 24.5 Å². The van der Waals surface area contributed by atoms with E-state index < -0.39 is 12.1 Å². The topological polar surface area (TPSA) is 95.9 Å². The van der Waals surface area contributed by atoms with Gasteiger partial charge < -0.3 is 20.3 Å². The minimum Gasteiger partial charge on any atom is -0.466 e. The van der Waals surface area contributed by atoms with E-state index in [0.717, 1.165) is 44.9 Å². The molecule has 85 heavy (non-hydrogen) atoms. The van der Waals surface area contributed by atoms with Crippen molar-refractivity contribution in [2.24, 2.45) is 0 Å². The lowest BCUT2D eigenvalue weighted by Gasteiger charge is -2.20. The average Bonchev–Trinajstić information content (AvgIpc) is 3.51. The second kappa shape index (κ2) is 74.5. The molecular weight excluding hydrogens is 1040 g/mol.